The Morgan fingerprint density at radius 3 is 2.75 bits per heavy atom. The molecule has 5 nitrogen and oxygen atoms in total. The van der Waals surface area contributed by atoms with E-state index in [9.17, 15) is 18.0 Å². The van der Waals surface area contributed by atoms with Gasteiger partial charge in [0, 0.05) is 31.4 Å². The van der Waals surface area contributed by atoms with Crippen molar-refractivity contribution in [2.75, 3.05) is 13.1 Å². The minimum atomic E-state index is -4.55. The van der Waals surface area contributed by atoms with Crippen molar-refractivity contribution in [1.82, 2.24) is 20.4 Å². The number of alkyl halides is 3. The highest BCUT2D eigenvalue weighted by atomic mass is 19.4. The summed E-state index contributed by atoms with van der Waals surface area (Å²) >= 11 is 0. The molecule has 2 heterocycles. The normalized spacial score (nSPS) is 23.1. The zero-order valence-corrected chi connectivity index (χ0v) is 11.3. The van der Waals surface area contributed by atoms with E-state index in [1.807, 2.05) is 0 Å². The molecule has 1 fully saturated rings. The van der Waals surface area contributed by atoms with E-state index >= 15 is 0 Å². The molecule has 20 heavy (non-hydrogen) atoms. The lowest BCUT2D eigenvalue weighted by Crippen LogP contribution is -2.52. The number of rotatable bonds is 3. The number of nitrogens with one attached hydrogen (secondary N) is 2. The van der Waals surface area contributed by atoms with E-state index in [0.717, 1.165) is 5.69 Å². The second-order valence-electron chi connectivity index (χ2n) is 5.07. The molecule has 2 N–H and O–H groups in total. The molecule has 0 radical (unpaired) electrons. The van der Waals surface area contributed by atoms with Crippen LogP contribution in [0, 0.1) is 12.3 Å². The second-order valence-corrected chi connectivity index (χ2v) is 5.07. The van der Waals surface area contributed by atoms with Crippen molar-refractivity contribution >= 4 is 5.91 Å². The zero-order chi connectivity index (χ0) is 15.0. The minimum Gasteiger partial charge on any atom is -0.351 e. The summed E-state index contributed by atoms with van der Waals surface area (Å²) in [4.78, 5) is 12.0. The fourth-order valence-electron chi connectivity index (χ4n) is 2.32. The summed E-state index contributed by atoms with van der Waals surface area (Å²) in [6, 6.07) is 0. The van der Waals surface area contributed by atoms with Crippen molar-refractivity contribution in [1.29, 1.82) is 0 Å². The zero-order valence-electron chi connectivity index (χ0n) is 11.3. The lowest BCUT2D eigenvalue weighted by molar-refractivity contribution is -0.216. The van der Waals surface area contributed by atoms with Gasteiger partial charge in [-0.1, -0.05) is 0 Å². The van der Waals surface area contributed by atoms with E-state index in [-0.39, 0.29) is 26.1 Å². The molecule has 0 bridgehead atoms. The third-order valence-corrected chi connectivity index (χ3v) is 3.91. The molecule has 0 spiro atoms. The Kier molecular flexibility index (Phi) is 3.77. The third-order valence-electron chi connectivity index (χ3n) is 3.91. The van der Waals surface area contributed by atoms with Crippen molar-refractivity contribution in [2.24, 2.45) is 12.5 Å². The number of carbonyl (C=O) groups excluding carboxylic acids is 1. The second kappa shape index (κ2) is 5.08. The summed E-state index contributed by atoms with van der Waals surface area (Å²) in [6.07, 6.45) is -3.23. The van der Waals surface area contributed by atoms with Gasteiger partial charge in [0.25, 0.3) is 0 Å². The molecule has 8 heteroatoms. The first kappa shape index (κ1) is 14.8. The standard InChI is InChI=1S/C12H17F3N4O/c1-8-9(6-18-19(8)2)5-17-10(20)11(12(13,14)15)3-4-16-7-11/h6,16H,3-5,7H2,1-2H3,(H,17,20). The number of aromatic nitrogens is 2. The Morgan fingerprint density at radius 1 is 1.60 bits per heavy atom. The summed E-state index contributed by atoms with van der Waals surface area (Å²) in [6.45, 7) is 1.68. The number of nitrogens with zero attached hydrogens (tertiary/aromatic N) is 2. The Bertz CT molecular complexity index is 503. The summed E-state index contributed by atoms with van der Waals surface area (Å²) in [5.41, 5.74) is -0.789. The Hall–Kier alpha value is -1.57. The Morgan fingerprint density at radius 2 is 2.30 bits per heavy atom. The van der Waals surface area contributed by atoms with Gasteiger partial charge < -0.3 is 10.6 Å². The van der Waals surface area contributed by atoms with Gasteiger partial charge in [-0.05, 0) is 19.9 Å². The first-order chi connectivity index (χ1) is 9.28. The van der Waals surface area contributed by atoms with Crippen LogP contribution in [0.5, 0.6) is 0 Å². The van der Waals surface area contributed by atoms with Crippen molar-refractivity contribution in [2.45, 2.75) is 26.1 Å². The van der Waals surface area contributed by atoms with E-state index in [4.69, 9.17) is 0 Å². The van der Waals surface area contributed by atoms with Crippen LogP contribution in [0.15, 0.2) is 6.20 Å². The smallest absolute Gasteiger partial charge is 0.351 e. The Balaban J connectivity index is 2.09. The number of amides is 1. The summed E-state index contributed by atoms with van der Waals surface area (Å²) in [7, 11) is 1.73. The van der Waals surface area contributed by atoms with Crippen LogP contribution < -0.4 is 10.6 Å². The van der Waals surface area contributed by atoms with Crippen molar-refractivity contribution in [3.05, 3.63) is 17.5 Å². The van der Waals surface area contributed by atoms with E-state index in [1.165, 1.54) is 0 Å². The molecule has 1 saturated heterocycles. The van der Waals surface area contributed by atoms with Gasteiger partial charge in [0.1, 0.15) is 0 Å². The molecule has 1 unspecified atom stereocenters. The molecule has 1 aromatic heterocycles. The fraction of sp³-hybridized carbons (Fsp3) is 0.667. The predicted octanol–water partition coefficient (Wildman–Crippen LogP) is 0.887. The molecular weight excluding hydrogens is 273 g/mol. The largest absolute Gasteiger partial charge is 0.404 e. The summed E-state index contributed by atoms with van der Waals surface area (Å²) < 4.78 is 41.1. The van der Waals surface area contributed by atoms with Gasteiger partial charge in [-0.2, -0.15) is 18.3 Å². The third kappa shape index (κ3) is 2.39. The highest BCUT2D eigenvalue weighted by Gasteiger charge is 2.61. The molecule has 1 aliphatic heterocycles. The molecular formula is C12H17F3N4O. The van der Waals surface area contributed by atoms with Crippen LogP contribution in [0.3, 0.4) is 0 Å². The van der Waals surface area contributed by atoms with Crippen molar-refractivity contribution < 1.29 is 18.0 Å². The van der Waals surface area contributed by atoms with Crippen LogP contribution >= 0.6 is 0 Å². The molecule has 1 aromatic rings. The maximum Gasteiger partial charge on any atom is 0.404 e. The summed E-state index contributed by atoms with van der Waals surface area (Å²) in [5.74, 6) is -0.974. The maximum absolute atomic E-state index is 13.2. The van der Waals surface area contributed by atoms with E-state index < -0.39 is 17.5 Å². The van der Waals surface area contributed by atoms with Crippen LogP contribution in [-0.4, -0.2) is 35.0 Å². The maximum atomic E-state index is 13.2. The first-order valence-corrected chi connectivity index (χ1v) is 6.31. The van der Waals surface area contributed by atoms with Gasteiger partial charge in [-0.3, -0.25) is 9.48 Å². The molecule has 1 atom stereocenters. The molecule has 1 amide bonds. The highest BCUT2D eigenvalue weighted by molar-refractivity contribution is 5.84. The number of carbonyl (C=O) groups is 1. The van der Waals surface area contributed by atoms with Crippen LogP contribution in [0.4, 0.5) is 13.2 Å². The number of halogens is 3. The van der Waals surface area contributed by atoms with E-state index in [0.29, 0.717) is 5.56 Å². The molecule has 112 valence electrons. The quantitative estimate of drug-likeness (QED) is 0.869. The first-order valence-electron chi connectivity index (χ1n) is 6.31. The van der Waals surface area contributed by atoms with Crippen molar-refractivity contribution in [3.8, 4) is 0 Å². The molecule has 0 aliphatic carbocycles. The van der Waals surface area contributed by atoms with Crippen molar-refractivity contribution in [3.63, 3.8) is 0 Å². The average Bonchev–Trinajstić information content (AvgIpc) is 2.97. The van der Waals surface area contributed by atoms with Crippen LogP contribution in [0.1, 0.15) is 17.7 Å². The monoisotopic (exact) mass is 290 g/mol. The molecule has 1 aliphatic rings. The predicted molar refractivity (Wildman–Crippen MR) is 65.8 cm³/mol. The highest BCUT2D eigenvalue weighted by Crippen LogP contribution is 2.43. The minimum absolute atomic E-state index is 0.0519. The Labute approximate surface area is 114 Å². The van der Waals surface area contributed by atoms with Gasteiger partial charge in [0.2, 0.25) is 5.91 Å². The van der Waals surface area contributed by atoms with Gasteiger partial charge in [0.15, 0.2) is 5.41 Å². The topological polar surface area (TPSA) is 59.0 Å². The molecule has 0 aromatic carbocycles. The van der Waals surface area contributed by atoms with Crippen LogP contribution in [0.25, 0.3) is 0 Å². The average molecular weight is 290 g/mol. The van der Waals surface area contributed by atoms with Crippen LogP contribution in [-0.2, 0) is 18.4 Å². The molecule has 0 saturated carbocycles. The number of hydrogen-bond donors (Lipinski definition) is 2. The van der Waals surface area contributed by atoms with Gasteiger partial charge in [0.05, 0.1) is 6.20 Å². The lowest BCUT2D eigenvalue weighted by atomic mass is 9.85. The van der Waals surface area contributed by atoms with Crippen LogP contribution in [0.2, 0.25) is 0 Å². The van der Waals surface area contributed by atoms with Gasteiger partial charge >= 0.3 is 6.18 Å². The van der Waals surface area contributed by atoms with E-state index in [2.05, 4.69) is 15.7 Å². The molecule has 2 rings (SSSR count). The fourth-order valence-corrected chi connectivity index (χ4v) is 2.32. The van der Waals surface area contributed by atoms with Gasteiger partial charge in [-0.15, -0.1) is 0 Å². The number of aryl methyl sites for hydroxylation is 1. The van der Waals surface area contributed by atoms with E-state index in [1.54, 1.807) is 24.9 Å². The van der Waals surface area contributed by atoms with Gasteiger partial charge in [-0.25, -0.2) is 0 Å². The number of hydrogen-bond acceptors (Lipinski definition) is 3. The lowest BCUT2D eigenvalue weighted by Gasteiger charge is -2.29. The summed E-state index contributed by atoms with van der Waals surface area (Å²) in [5, 5.41) is 9.00. The SMILES string of the molecule is Cc1c(CNC(=O)C2(C(F)(F)F)CCNC2)cnn1C.